The first-order valence-electron chi connectivity index (χ1n) is 7.30. The molecule has 0 aliphatic rings. The number of para-hydroxylation sites is 1. The van der Waals surface area contributed by atoms with E-state index in [-0.39, 0.29) is 10.9 Å². The number of hydrogen-bond donors (Lipinski definition) is 1. The molecule has 0 atom stereocenters. The van der Waals surface area contributed by atoms with E-state index in [9.17, 15) is 18.0 Å². The van der Waals surface area contributed by atoms with Gasteiger partial charge in [0.15, 0.2) is 0 Å². The molecule has 2 aromatic carbocycles. The number of alkyl halides is 3. The predicted octanol–water partition coefficient (Wildman–Crippen LogP) is 5.58. The van der Waals surface area contributed by atoms with Gasteiger partial charge in [-0.1, -0.05) is 34.1 Å². The van der Waals surface area contributed by atoms with Crippen LogP contribution in [0.25, 0.3) is 10.9 Å². The lowest BCUT2D eigenvalue weighted by Crippen LogP contribution is -2.20. The lowest BCUT2D eigenvalue weighted by molar-refractivity contribution is -0.136. The summed E-state index contributed by atoms with van der Waals surface area (Å²) >= 11 is 3.30. The van der Waals surface area contributed by atoms with Crippen LogP contribution in [0.4, 0.5) is 18.9 Å². The summed E-state index contributed by atoms with van der Waals surface area (Å²) in [5.41, 5.74) is -0.135. The van der Waals surface area contributed by atoms with Gasteiger partial charge >= 0.3 is 6.18 Å². The van der Waals surface area contributed by atoms with Gasteiger partial charge in [-0.05, 0) is 36.8 Å². The molecule has 1 N–H and O–H groups in total. The zero-order valence-electron chi connectivity index (χ0n) is 13.0. The Balaban J connectivity index is 2.10. The molecular formula is C18H12BrF3N2O. The summed E-state index contributed by atoms with van der Waals surface area (Å²) in [5.74, 6) is -0.851. The molecule has 0 spiro atoms. The van der Waals surface area contributed by atoms with Gasteiger partial charge in [0.05, 0.1) is 16.6 Å². The first kappa shape index (κ1) is 17.4. The fourth-order valence-electron chi connectivity index (χ4n) is 2.58. The van der Waals surface area contributed by atoms with Crippen LogP contribution < -0.4 is 5.32 Å². The highest BCUT2D eigenvalue weighted by Gasteiger charge is 2.37. The first-order chi connectivity index (χ1) is 11.8. The summed E-state index contributed by atoms with van der Waals surface area (Å²) in [4.78, 5) is 16.5. The van der Waals surface area contributed by atoms with Gasteiger partial charge in [-0.15, -0.1) is 0 Å². The van der Waals surface area contributed by atoms with Crippen LogP contribution in [0.5, 0.6) is 0 Å². The molecule has 1 heterocycles. The van der Waals surface area contributed by atoms with Crippen molar-refractivity contribution in [1.29, 1.82) is 0 Å². The number of fused-ring (bicyclic) bond motifs is 1. The summed E-state index contributed by atoms with van der Waals surface area (Å²) in [5, 5.41) is 2.43. The monoisotopic (exact) mass is 408 g/mol. The number of nitrogens with one attached hydrogen (secondary N) is 1. The van der Waals surface area contributed by atoms with E-state index in [0.717, 1.165) is 16.2 Å². The molecule has 1 aromatic heterocycles. The second-order valence-electron chi connectivity index (χ2n) is 5.48. The molecule has 3 nitrogen and oxygen atoms in total. The van der Waals surface area contributed by atoms with Gasteiger partial charge in [-0.25, -0.2) is 0 Å². The quantitative estimate of drug-likeness (QED) is 0.601. The Morgan fingerprint density at radius 3 is 2.56 bits per heavy atom. The van der Waals surface area contributed by atoms with Crippen molar-refractivity contribution in [3.05, 3.63) is 69.8 Å². The van der Waals surface area contributed by atoms with Gasteiger partial charge in [0.25, 0.3) is 5.91 Å². The molecule has 0 aliphatic carbocycles. The van der Waals surface area contributed by atoms with Crippen LogP contribution in [0.15, 0.2) is 53.1 Å². The van der Waals surface area contributed by atoms with Crippen molar-refractivity contribution in [2.24, 2.45) is 0 Å². The summed E-state index contributed by atoms with van der Waals surface area (Å²) in [7, 11) is 0. The molecule has 0 fully saturated rings. The number of hydrogen-bond acceptors (Lipinski definition) is 2. The summed E-state index contributed by atoms with van der Waals surface area (Å²) in [6.07, 6.45) is -3.71. The van der Waals surface area contributed by atoms with Gasteiger partial charge in [-0.2, -0.15) is 13.2 Å². The highest BCUT2D eigenvalue weighted by molar-refractivity contribution is 9.10. The predicted molar refractivity (Wildman–Crippen MR) is 93.6 cm³/mol. The van der Waals surface area contributed by atoms with Crippen LogP contribution in [0.2, 0.25) is 0 Å². The van der Waals surface area contributed by atoms with Crippen LogP contribution >= 0.6 is 15.9 Å². The van der Waals surface area contributed by atoms with Gasteiger partial charge in [0.1, 0.15) is 0 Å². The third kappa shape index (κ3) is 3.51. The molecule has 0 saturated carbocycles. The maximum Gasteiger partial charge on any atom is 0.417 e. The molecule has 25 heavy (non-hydrogen) atoms. The molecule has 0 unspecified atom stereocenters. The molecule has 7 heteroatoms. The van der Waals surface area contributed by atoms with Gasteiger partial charge in [0, 0.05) is 21.7 Å². The Labute approximate surface area is 150 Å². The summed E-state index contributed by atoms with van der Waals surface area (Å²) in [6, 6.07) is 11.0. The maximum absolute atomic E-state index is 13.6. The second-order valence-corrected chi connectivity index (χ2v) is 6.39. The van der Waals surface area contributed by atoms with Crippen LogP contribution in [0.1, 0.15) is 21.5 Å². The van der Waals surface area contributed by atoms with Crippen LogP contribution in [-0.4, -0.2) is 10.9 Å². The highest BCUT2D eigenvalue weighted by atomic mass is 79.9. The van der Waals surface area contributed by atoms with E-state index in [1.54, 1.807) is 31.2 Å². The Hall–Kier alpha value is -2.41. The van der Waals surface area contributed by atoms with Crippen molar-refractivity contribution >= 4 is 38.4 Å². The minimum atomic E-state index is -4.68. The van der Waals surface area contributed by atoms with E-state index in [1.165, 1.54) is 18.2 Å². The minimum Gasteiger partial charge on any atom is -0.322 e. The maximum atomic E-state index is 13.6. The number of halogens is 4. The average Bonchev–Trinajstić information content (AvgIpc) is 2.55. The lowest BCUT2D eigenvalue weighted by atomic mass is 10.0. The number of pyridine rings is 1. The molecule has 128 valence electrons. The van der Waals surface area contributed by atoms with Crippen molar-refractivity contribution in [2.45, 2.75) is 13.1 Å². The topological polar surface area (TPSA) is 42.0 Å². The van der Waals surface area contributed by atoms with E-state index >= 15 is 0 Å². The minimum absolute atomic E-state index is 0.102. The standard InChI is InChI=1S/C18H12BrF3N2O/c1-10-8-11(19)6-7-14(10)24-17(25)13-9-23-15-5-3-2-4-12(15)16(13)18(20,21)22/h2-9H,1H3,(H,24,25). The molecule has 0 radical (unpaired) electrons. The third-order valence-corrected chi connectivity index (χ3v) is 4.23. The van der Waals surface area contributed by atoms with Crippen LogP contribution in [0, 0.1) is 6.92 Å². The number of carbonyl (C=O) groups excluding carboxylic acids is 1. The van der Waals surface area contributed by atoms with Gasteiger partial charge < -0.3 is 5.32 Å². The number of nitrogens with zero attached hydrogens (tertiary/aromatic N) is 1. The fraction of sp³-hybridized carbons (Fsp3) is 0.111. The first-order valence-corrected chi connectivity index (χ1v) is 8.09. The van der Waals surface area contributed by atoms with E-state index in [0.29, 0.717) is 5.69 Å². The Kier molecular flexibility index (Phi) is 4.51. The second kappa shape index (κ2) is 6.48. The van der Waals surface area contributed by atoms with Crippen molar-refractivity contribution < 1.29 is 18.0 Å². The highest BCUT2D eigenvalue weighted by Crippen LogP contribution is 2.37. The smallest absolute Gasteiger partial charge is 0.322 e. The van der Waals surface area contributed by atoms with E-state index in [1.807, 2.05) is 0 Å². The third-order valence-electron chi connectivity index (χ3n) is 3.74. The van der Waals surface area contributed by atoms with E-state index < -0.39 is 23.2 Å². The molecular weight excluding hydrogens is 397 g/mol. The van der Waals surface area contributed by atoms with Gasteiger partial charge in [0.2, 0.25) is 0 Å². The van der Waals surface area contributed by atoms with Crippen molar-refractivity contribution in [3.63, 3.8) is 0 Å². The zero-order valence-corrected chi connectivity index (χ0v) is 14.6. The normalized spacial score (nSPS) is 11.6. The Bertz CT molecular complexity index is 970. The van der Waals surface area contributed by atoms with Crippen LogP contribution in [0.3, 0.4) is 0 Å². The van der Waals surface area contributed by atoms with Crippen molar-refractivity contribution in [1.82, 2.24) is 4.98 Å². The molecule has 3 aromatic rings. The SMILES string of the molecule is Cc1cc(Br)ccc1NC(=O)c1cnc2ccccc2c1C(F)(F)F. The fourth-order valence-corrected chi connectivity index (χ4v) is 3.05. The number of carbonyl (C=O) groups is 1. The van der Waals surface area contributed by atoms with E-state index in [2.05, 4.69) is 26.2 Å². The van der Waals surface area contributed by atoms with E-state index in [4.69, 9.17) is 0 Å². The van der Waals surface area contributed by atoms with Crippen LogP contribution in [-0.2, 0) is 6.18 Å². The number of aryl methyl sites for hydroxylation is 1. The molecule has 0 saturated heterocycles. The largest absolute Gasteiger partial charge is 0.417 e. The lowest BCUT2D eigenvalue weighted by Gasteiger charge is -2.16. The number of benzene rings is 2. The Morgan fingerprint density at radius 2 is 1.88 bits per heavy atom. The zero-order chi connectivity index (χ0) is 18.2. The number of amides is 1. The summed E-state index contributed by atoms with van der Waals surface area (Å²) in [6.45, 7) is 1.75. The number of aromatic nitrogens is 1. The number of anilines is 1. The van der Waals surface area contributed by atoms with Gasteiger partial charge in [-0.3, -0.25) is 9.78 Å². The average molecular weight is 409 g/mol. The van der Waals surface area contributed by atoms with Crippen molar-refractivity contribution in [3.8, 4) is 0 Å². The molecule has 1 amide bonds. The molecule has 0 aliphatic heterocycles. The molecule has 0 bridgehead atoms. The number of rotatable bonds is 2. The Morgan fingerprint density at radius 1 is 1.16 bits per heavy atom. The summed E-state index contributed by atoms with van der Waals surface area (Å²) < 4.78 is 41.6. The molecule has 3 rings (SSSR count). The van der Waals surface area contributed by atoms with Crippen molar-refractivity contribution in [2.75, 3.05) is 5.32 Å².